The van der Waals surface area contributed by atoms with Crippen LogP contribution in [0.25, 0.3) is 5.76 Å². The van der Waals surface area contributed by atoms with Gasteiger partial charge in [-0.3, -0.25) is 9.59 Å². The molecule has 0 aliphatic carbocycles. The van der Waals surface area contributed by atoms with Crippen molar-refractivity contribution in [3.8, 4) is 5.75 Å². The molecule has 3 aromatic carbocycles. The van der Waals surface area contributed by atoms with E-state index in [0.717, 1.165) is 22.4 Å². The summed E-state index contributed by atoms with van der Waals surface area (Å²) in [6.45, 7) is 6.65. The number of aliphatic hydroxyl groups is 1. The minimum Gasteiger partial charge on any atom is -0.507 e. The van der Waals surface area contributed by atoms with E-state index < -0.39 is 17.7 Å². The summed E-state index contributed by atoms with van der Waals surface area (Å²) in [6.07, 6.45) is -0.00903. The second-order valence-electron chi connectivity index (χ2n) is 10.2. The molecule has 4 rings (SSSR count). The SMILES string of the molecule is Cc1cc(/C(O)=C2/C(=O)C(=O)N(CCOC(C)C)C2c2ccc(N(C)C)cc2)ccc1OCc1ccccc1. The number of aliphatic hydroxyl groups excluding tert-OH is 1. The lowest BCUT2D eigenvalue weighted by Crippen LogP contribution is -2.33. The average Bonchev–Trinajstić information content (AvgIpc) is 3.17. The number of hydrogen-bond donors (Lipinski definition) is 1. The predicted octanol–water partition coefficient (Wildman–Crippen LogP) is 5.49. The van der Waals surface area contributed by atoms with Crippen LogP contribution in [-0.2, 0) is 20.9 Å². The number of hydrogen-bond acceptors (Lipinski definition) is 6. The molecule has 1 heterocycles. The summed E-state index contributed by atoms with van der Waals surface area (Å²) in [7, 11) is 3.89. The van der Waals surface area contributed by atoms with Crippen molar-refractivity contribution in [1.82, 2.24) is 4.90 Å². The van der Waals surface area contributed by atoms with E-state index in [-0.39, 0.29) is 30.6 Å². The smallest absolute Gasteiger partial charge is 0.295 e. The molecule has 1 amide bonds. The molecule has 0 saturated carbocycles. The van der Waals surface area contributed by atoms with Crippen molar-refractivity contribution in [2.45, 2.75) is 39.5 Å². The second-order valence-corrected chi connectivity index (χ2v) is 10.2. The van der Waals surface area contributed by atoms with Crippen LogP contribution in [0.1, 0.15) is 42.1 Å². The van der Waals surface area contributed by atoms with Gasteiger partial charge in [0.25, 0.3) is 11.7 Å². The number of carbonyl (C=O) groups excluding carboxylic acids is 2. The van der Waals surface area contributed by atoms with Crippen LogP contribution >= 0.6 is 0 Å². The number of ketones is 1. The predicted molar refractivity (Wildman–Crippen MR) is 153 cm³/mol. The van der Waals surface area contributed by atoms with Gasteiger partial charge in [-0.15, -0.1) is 0 Å². The Morgan fingerprint density at radius 2 is 1.69 bits per heavy atom. The summed E-state index contributed by atoms with van der Waals surface area (Å²) in [5, 5.41) is 11.4. The van der Waals surface area contributed by atoms with Gasteiger partial charge in [-0.1, -0.05) is 42.5 Å². The van der Waals surface area contributed by atoms with E-state index in [9.17, 15) is 14.7 Å². The number of aryl methyl sites for hydroxylation is 1. The number of carbonyl (C=O) groups is 2. The van der Waals surface area contributed by atoms with Gasteiger partial charge in [-0.25, -0.2) is 0 Å². The summed E-state index contributed by atoms with van der Waals surface area (Å²) in [6, 6.07) is 22.0. The van der Waals surface area contributed by atoms with E-state index in [2.05, 4.69) is 0 Å². The van der Waals surface area contributed by atoms with Crippen LogP contribution in [-0.4, -0.2) is 55.0 Å². The van der Waals surface area contributed by atoms with Crippen molar-refractivity contribution < 1.29 is 24.2 Å². The zero-order chi connectivity index (χ0) is 28.1. The molecular weight excluding hydrogens is 492 g/mol. The first-order chi connectivity index (χ1) is 18.7. The minimum absolute atomic E-state index is 0.00903. The molecule has 0 aromatic heterocycles. The molecule has 0 spiro atoms. The molecule has 1 atom stereocenters. The van der Waals surface area contributed by atoms with Crippen molar-refractivity contribution >= 4 is 23.1 Å². The van der Waals surface area contributed by atoms with E-state index in [1.165, 1.54) is 4.90 Å². The van der Waals surface area contributed by atoms with Gasteiger partial charge in [-0.2, -0.15) is 0 Å². The summed E-state index contributed by atoms with van der Waals surface area (Å²) >= 11 is 0. The molecule has 3 aromatic rings. The Hall–Kier alpha value is -4.10. The number of amides is 1. The third-order valence-corrected chi connectivity index (χ3v) is 6.73. The number of likely N-dealkylation sites (tertiary alicyclic amines) is 1. The van der Waals surface area contributed by atoms with Crippen molar-refractivity contribution in [1.29, 1.82) is 0 Å². The van der Waals surface area contributed by atoms with Crippen molar-refractivity contribution in [3.63, 3.8) is 0 Å². The first-order valence-electron chi connectivity index (χ1n) is 13.1. The maximum absolute atomic E-state index is 13.3. The Bertz CT molecular complexity index is 1350. The van der Waals surface area contributed by atoms with Crippen LogP contribution in [0.4, 0.5) is 5.69 Å². The topological polar surface area (TPSA) is 79.3 Å². The number of benzene rings is 3. The van der Waals surface area contributed by atoms with E-state index in [1.807, 2.05) is 94.4 Å². The van der Waals surface area contributed by atoms with E-state index in [0.29, 0.717) is 17.9 Å². The molecular formula is C32H36N2O5. The Kier molecular flexibility index (Phi) is 8.72. The third-order valence-electron chi connectivity index (χ3n) is 6.73. The zero-order valence-corrected chi connectivity index (χ0v) is 23.2. The zero-order valence-electron chi connectivity index (χ0n) is 23.2. The summed E-state index contributed by atoms with van der Waals surface area (Å²) < 4.78 is 11.7. The first-order valence-corrected chi connectivity index (χ1v) is 13.1. The van der Waals surface area contributed by atoms with Crippen LogP contribution in [0.5, 0.6) is 5.75 Å². The number of anilines is 1. The highest BCUT2D eigenvalue weighted by molar-refractivity contribution is 6.46. The molecule has 1 aliphatic rings. The molecule has 1 aliphatic heterocycles. The maximum atomic E-state index is 13.3. The lowest BCUT2D eigenvalue weighted by atomic mass is 9.94. The van der Waals surface area contributed by atoms with Gasteiger partial charge in [-0.05, 0) is 67.8 Å². The molecule has 1 fully saturated rings. The monoisotopic (exact) mass is 528 g/mol. The van der Waals surface area contributed by atoms with Gasteiger partial charge in [0.05, 0.1) is 24.3 Å². The van der Waals surface area contributed by atoms with E-state index >= 15 is 0 Å². The largest absolute Gasteiger partial charge is 0.507 e. The molecule has 1 N–H and O–H groups in total. The van der Waals surface area contributed by atoms with Gasteiger partial charge >= 0.3 is 0 Å². The summed E-state index contributed by atoms with van der Waals surface area (Å²) in [4.78, 5) is 30.0. The molecule has 1 unspecified atom stereocenters. The minimum atomic E-state index is -0.730. The van der Waals surface area contributed by atoms with Crippen molar-refractivity contribution in [2.24, 2.45) is 0 Å². The van der Waals surface area contributed by atoms with E-state index in [1.54, 1.807) is 18.2 Å². The quantitative estimate of drug-likeness (QED) is 0.213. The van der Waals surface area contributed by atoms with Crippen LogP contribution in [0.3, 0.4) is 0 Å². The lowest BCUT2D eigenvalue weighted by Gasteiger charge is -2.26. The number of Topliss-reactive ketones (excluding diaryl/α,β-unsaturated/α-hetero) is 1. The van der Waals surface area contributed by atoms with Gasteiger partial charge < -0.3 is 24.4 Å². The Balaban J connectivity index is 1.69. The maximum Gasteiger partial charge on any atom is 0.295 e. The van der Waals surface area contributed by atoms with Crippen molar-refractivity contribution in [3.05, 3.63) is 101 Å². The van der Waals surface area contributed by atoms with Crippen LogP contribution < -0.4 is 9.64 Å². The average molecular weight is 529 g/mol. The van der Waals surface area contributed by atoms with Gasteiger partial charge in [0.1, 0.15) is 18.1 Å². The summed E-state index contributed by atoms with van der Waals surface area (Å²) in [5.41, 5.74) is 4.10. The molecule has 1 saturated heterocycles. The number of nitrogens with zero attached hydrogens (tertiary/aromatic N) is 2. The number of rotatable bonds is 10. The third kappa shape index (κ3) is 6.32. The van der Waals surface area contributed by atoms with Crippen molar-refractivity contribution in [2.75, 3.05) is 32.1 Å². The van der Waals surface area contributed by atoms with Gasteiger partial charge in [0.15, 0.2) is 0 Å². The highest BCUT2D eigenvalue weighted by Gasteiger charge is 2.46. The van der Waals surface area contributed by atoms with Gasteiger partial charge in [0.2, 0.25) is 0 Å². The molecule has 204 valence electrons. The van der Waals surface area contributed by atoms with E-state index in [4.69, 9.17) is 9.47 Å². The highest BCUT2D eigenvalue weighted by atomic mass is 16.5. The fourth-order valence-electron chi connectivity index (χ4n) is 4.65. The van der Waals surface area contributed by atoms with Crippen LogP contribution in [0.15, 0.2) is 78.4 Å². The van der Waals surface area contributed by atoms with Crippen LogP contribution in [0.2, 0.25) is 0 Å². The molecule has 7 heteroatoms. The standard InChI is InChI=1S/C32H36N2O5/c1-21(2)38-18-17-34-29(24-11-14-26(15-12-24)33(4)5)28(31(36)32(34)37)30(35)25-13-16-27(22(3)19-25)39-20-23-9-7-6-8-10-23/h6-16,19,21,29,35H,17-18,20H2,1-5H3/b30-28-. The molecule has 39 heavy (non-hydrogen) atoms. The van der Waals surface area contributed by atoms with Crippen LogP contribution in [0, 0.1) is 6.92 Å². The number of ether oxygens (including phenoxy) is 2. The first kappa shape index (κ1) is 27.9. The second kappa shape index (κ2) is 12.2. The fraction of sp³-hybridized carbons (Fsp3) is 0.312. The Morgan fingerprint density at radius 1 is 1.00 bits per heavy atom. The summed E-state index contributed by atoms with van der Waals surface area (Å²) in [5.74, 6) is -0.886. The molecule has 7 nitrogen and oxygen atoms in total. The molecule has 0 bridgehead atoms. The fourth-order valence-corrected chi connectivity index (χ4v) is 4.65. The Morgan fingerprint density at radius 3 is 2.31 bits per heavy atom. The Labute approximate surface area is 230 Å². The van der Waals surface area contributed by atoms with Gasteiger partial charge in [0, 0.05) is 31.9 Å². The highest BCUT2D eigenvalue weighted by Crippen LogP contribution is 2.40. The molecule has 0 radical (unpaired) electrons. The normalized spacial score (nSPS) is 16.7. The lowest BCUT2D eigenvalue weighted by molar-refractivity contribution is -0.140.